The Hall–Kier alpha value is -1.40. The fourth-order valence-corrected chi connectivity index (χ4v) is 2.77. The van der Waals surface area contributed by atoms with Crippen LogP contribution in [0.15, 0.2) is 47.7 Å². The highest BCUT2D eigenvalue weighted by Gasteiger charge is 2.20. The van der Waals surface area contributed by atoms with Crippen LogP contribution in [0.25, 0.3) is 0 Å². The van der Waals surface area contributed by atoms with Crippen molar-refractivity contribution < 1.29 is 13.5 Å². The Kier molecular flexibility index (Phi) is 4.21. The highest BCUT2D eigenvalue weighted by Crippen LogP contribution is 2.21. The lowest BCUT2D eigenvalue weighted by atomic mass is 9.99. The minimum Gasteiger partial charge on any atom is -0.623 e. The van der Waals surface area contributed by atoms with E-state index in [1.165, 1.54) is 6.20 Å². The molecule has 1 aromatic carbocycles. The van der Waals surface area contributed by atoms with Crippen LogP contribution in [-0.4, -0.2) is 13.4 Å². The fraction of sp³-hybridized carbons (Fsp3) is 0.154. The van der Waals surface area contributed by atoms with Crippen LogP contribution in [0.1, 0.15) is 12.5 Å². The minimum atomic E-state index is -2.52. The summed E-state index contributed by atoms with van der Waals surface area (Å²) in [6, 6.07) is 7.35. The molecule has 0 saturated carbocycles. The predicted molar refractivity (Wildman–Crippen MR) is 75.3 cm³/mol. The third kappa shape index (κ3) is 2.96. The number of benzene rings is 1. The van der Waals surface area contributed by atoms with Crippen molar-refractivity contribution in [1.29, 1.82) is 0 Å². The van der Waals surface area contributed by atoms with E-state index in [-0.39, 0.29) is 4.99 Å². The van der Waals surface area contributed by atoms with Crippen LogP contribution in [0.2, 0.25) is 5.02 Å². The Balaban J connectivity index is 2.44. The molecule has 0 fully saturated rings. The lowest BCUT2D eigenvalue weighted by molar-refractivity contribution is -0.680. The number of nitrogens with one attached hydrogen (secondary N) is 1. The second kappa shape index (κ2) is 5.71. The minimum absolute atomic E-state index is 0.162. The number of halogens is 1. The molecule has 1 aliphatic heterocycles. The summed E-state index contributed by atoms with van der Waals surface area (Å²) < 4.78 is 22.2. The first-order valence-electron chi connectivity index (χ1n) is 5.63. The molecule has 1 atom stereocenters. The second-order valence-electron chi connectivity index (χ2n) is 4.18. The maximum Gasteiger partial charge on any atom is 0.277 e. The average molecular weight is 298 g/mol. The van der Waals surface area contributed by atoms with E-state index in [1.807, 2.05) is 18.2 Å². The molecule has 19 heavy (non-hydrogen) atoms. The molecular weight excluding hydrogens is 286 g/mol. The number of hydrogen-bond donors (Lipinski definition) is 1. The van der Waals surface area contributed by atoms with Crippen LogP contribution in [0.5, 0.6) is 0 Å². The summed E-state index contributed by atoms with van der Waals surface area (Å²) >= 11 is 6.08. The number of allylic oxidation sites excluding steroid dienone is 2. The van der Waals surface area contributed by atoms with Gasteiger partial charge in [-0.05, 0) is 36.6 Å². The molecule has 0 saturated heterocycles. The summed E-state index contributed by atoms with van der Waals surface area (Å²) in [5.41, 5.74) is 2.17. The summed E-state index contributed by atoms with van der Waals surface area (Å²) in [5.74, 6) is 0. The topological polar surface area (TPSA) is 61.6 Å². The van der Waals surface area contributed by atoms with Gasteiger partial charge < -0.3 is 10.3 Å². The van der Waals surface area contributed by atoms with Crippen LogP contribution in [0, 0.1) is 5.21 Å². The highest BCUT2D eigenvalue weighted by molar-refractivity contribution is 7.72. The van der Waals surface area contributed by atoms with Crippen molar-refractivity contribution in [3.8, 4) is 0 Å². The standard InChI is InChI=1S/C13H12ClNO3S/c1-9-10(6-7-15(16)13(9)19(17)18)8-11-4-2-3-5-12(11)14/h2-7,15H,8H2,1H3. The first-order valence-corrected chi connectivity index (χ1v) is 7.08. The smallest absolute Gasteiger partial charge is 0.277 e. The Labute approximate surface area is 117 Å². The molecule has 0 aliphatic carbocycles. The number of hydroxylamine groups is 2. The van der Waals surface area contributed by atoms with Crippen LogP contribution in [0.3, 0.4) is 0 Å². The summed E-state index contributed by atoms with van der Waals surface area (Å²) in [7, 11) is -2.52. The SMILES string of the molecule is CC1=C(Cc2ccccc2Cl)C=C[NH+]([O-])C1=S(=O)=O. The molecule has 0 amide bonds. The Morgan fingerprint density at radius 2 is 2.00 bits per heavy atom. The zero-order chi connectivity index (χ0) is 14.0. The van der Waals surface area contributed by atoms with E-state index < -0.39 is 15.4 Å². The van der Waals surface area contributed by atoms with E-state index in [0.29, 0.717) is 17.0 Å². The number of hydrogen-bond acceptors (Lipinski definition) is 3. The first-order chi connectivity index (χ1) is 9.00. The van der Waals surface area contributed by atoms with E-state index in [0.717, 1.165) is 11.1 Å². The molecule has 1 N–H and O–H groups in total. The van der Waals surface area contributed by atoms with Gasteiger partial charge in [-0.1, -0.05) is 29.8 Å². The number of rotatable bonds is 2. The quantitative estimate of drug-likeness (QED) is 0.657. The lowest BCUT2D eigenvalue weighted by Crippen LogP contribution is -3.06. The first kappa shape index (κ1) is 14.0. The van der Waals surface area contributed by atoms with Gasteiger partial charge in [0.25, 0.3) is 15.3 Å². The summed E-state index contributed by atoms with van der Waals surface area (Å²) in [6.45, 7) is 1.64. The second-order valence-corrected chi connectivity index (χ2v) is 5.46. The zero-order valence-corrected chi connectivity index (χ0v) is 11.8. The van der Waals surface area contributed by atoms with Gasteiger partial charge in [-0.15, -0.1) is 0 Å². The van der Waals surface area contributed by atoms with Gasteiger partial charge in [0, 0.05) is 10.6 Å². The molecule has 1 aromatic rings. The summed E-state index contributed by atoms with van der Waals surface area (Å²) in [6.07, 6.45) is 3.43. The van der Waals surface area contributed by atoms with Crippen LogP contribution >= 0.6 is 11.6 Å². The Bertz CT molecular complexity index is 696. The Morgan fingerprint density at radius 3 is 2.63 bits per heavy atom. The van der Waals surface area contributed by atoms with E-state index in [4.69, 9.17) is 11.6 Å². The van der Waals surface area contributed by atoms with Crippen molar-refractivity contribution in [3.63, 3.8) is 0 Å². The highest BCUT2D eigenvalue weighted by atomic mass is 35.5. The van der Waals surface area contributed by atoms with Crippen molar-refractivity contribution in [1.82, 2.24) is 0 Å². The van der Waals surface area contributed by atoms with Crippen molar-refractivity contribution in [3.05, 3.63) is 63.5 Å². The van der Waals surface area contributed by atoms with Gasteiger partial charge in [0.2, 0.25) is 0 Å². The fourth-order valence-electron chi connectivity index (χ4n) is 1.95. The average Bonchev–Trinajstić information content (AvgIpc) is 2.35. The third-order valence-electron chi connectivity index (χ3n) is 2.99. The van der Waals surface area contributed by atoms with Gasteiger partial charge in [0.05, 0.1) is 0 Å². The number of quaternary nitrogens is 1. The van der Waals surface area contributed by atoms with E-state index in [2.05, 4.69) is 0 Å². The molecule has 6 heteroatoms. The van der Waals surface area contributed by atoms with Gasteiger partial charge in [-0.25, -0.2) is 0 Å². The normalized spacial score (nSPS) is 18.9. The molecule has 1 heterocycles. The van der Waals surface area contributed by atoms with Crippen LogP contribution in [-0.2, 0) is 16.7 Å². The Morgan fingerprint density at radius 1 is 1.32 bits per heavy atom. The molecule has 100 valence electrons. The third-order valence-corrected chi connectivity index (χ3v) is 4.20. The molecule has 2 rings (SSSR count). The maximum absolute atomic E-state index is 11.5. The van der Waals surface area contributed by atoms with Crippen molar-refractivity contribution in [2.45, 2.75) is 13.3 Å². The van der Waals surface area contributed by atoms with Gasteiger partial charge in [-0.2, -0.15) is 8.42 Å². The van der Waals surface area contributed by atoms with Gasteiger partial charge in [0.1, 0.15) is 6.20 Å². The molecular formula is C13H12ClNO3S. The molecule has 0 aromatic heterocycles. The molecule has 4 nitrogen and oxygen atoms in total. The van der Waals surface area contributed by atoms with Crippen molar-refractivity contribution in [2.24, 2.45) is 0 Å². The molecule has 0 bridgehead atoms. The monoisotopic (exact) mass is 297 g/mol. The summed E-state index contributed by atoms with van der Waals surface area (Å²) in [5, 5.41) is 11.7. The van der Waals surface area contributed by atoms with Gasteiger partial charge in [0.15, 0.2) is 0 Å². The molecule has 1 unspecified atom stereocenters. The van der Waals surface area contributed by atoms with Crippen molar-refractivity contribution >= 4 is 26.9 Å². The zero-order valence-electron chi connectivity index (χ0n) is 10.2. The maximum atomic E-state index is 11.5. The lowest BCUT2D eigenvalue weighted by Gasteiger charge is -2.22. The predicted octanol–water partition coefficient (Wildman–Crippen LogP) is 1.12. The molecule has 0 spiro atoms. The largest absolute Gasteiger partial charge is 0.623 e. The van der Waals surface area contributed by atoms with Crippen molar-refractivity contribution in [2.75, 3.05) is 0 Å². The van der Waals surface area contributed by atoms with Gasteiger partial charge in [-0.3, -0.25) is 0 Å². The van der Waals surface area contributed by atoms with E-state index in [1.54, 1.807) is 19.1 Å². The van der Waals surface area contributed by atoms with Gasteiger partial charge >= 0.3 is 0 Å². The van der Waals surface area contributed by atoms with Crippen LogP contribution < -0.4 is 5.06 Å². The van der Waals surface area contributed by atoms with E-state index in [9.17, 15) is 13.6 Å². The summed E-state index contributed by atoms with van der Waals surface area (Å²) in [4.78, 5) is -0.162. The van der Waals surface area contributed by atoms with E-state index >= 15 is 0 Å². The van der Waals surface area contributed by atoms with Crippen LogP contribution in [0.4, 0.5) is 0 Å². The molecule has 0 radical (unpaired) electrons. The molecule has 1 aliphatic rings.